The Morgan fingerprint density at radius 1 is 1.21 bits per heavy atom. The average molecular weight is 391 g/mol. The Morgan fingerprint density at radius 3 is 2.86 bits per heavy atom. The molecule has 8 heteroatoms. The molecule has 0 spiro atoms. The highest BCUT2D eigenvalue weighted by atomic mass is 16.5. The Morgan fingerprint density at radius 2 is 2.07 bits per heavy atom. The third-order valence-electron chi connectivity index (χ3n) is 4.39. The zero-order chi connectivity index (χ0) is 20.4. The van der Waals surface area contributed by atoms with Gasteiger partial charge in [-0.3, -0.25) is 4.79 Å². The fourth-order valence-electron chi connectivity index (χ4n) is 2.94. The van der Waals surface area contributed by atoms with Crippen molar-refractivity contribution in [2.45, 2.75) is 33.4 Å². The molecule has 1 unspecified atom stereocenters. The topological polar surface area (TPSA) is 94.5 Å². The van der Waals surface area contributed by atoms with Crippen molar-refractivity contribution in [1.29, 1.82) is 0 Å². The van der Waals surface area contributed by atoms with Crippen LogP contribution in [-0.2, 0) is 6.61 Å². The lowest BCUT2D eigenvalue weighted by Gasteiger charge is -2.11. The molecule has 0 fully saturated rings. The highest BCUT2D eigenvalue weighted by Gasteiger charge is 2.17. The van der Waals surface area contributed by atoms with Gasteiger partial charge in [-0.25, -0.2) is 4.98 Å². The van der Waals surface area contributed by atoms with E-state index in [1.165, 1.54) is 0 Å². The first-order chi connectivity index (χ1) is 14.0. The van der Waals surface area contributed by atoms with Gasteiger partial charge in [0, 0.05) is 18.0 Å². The smallest absolute Gasteiger partial charge is 0.252 e. The summed E-state index contributed by atoms with van der Waals surface area (Å²) in [6.45, 7) is 5.86. The van der Waals surface area contributed by atoms with Crippen LogP contribution in [0.15, 0.2) is 53.3 Å². The van der Waals surface area contributed by atoms with Crippen LogP contribution in [0.25, 0.3) is 5.65 Å². The molecule has 3 aromatic heterocycles. The summed E-state index contributed by atoms with van der Waals surface area (Å²) in [5.74, 6) is 1.23. The van der Waals surface area contributed by atoms with Crippen molar-refractivity contribution in [2.75, 3.05) is 0 Å². The van der Waals surface area contributed by atoms with Gasteiger partial charge in [0.25, 0.3) is 5.91 Å². The van der Waals surface area contributed by atoms with Crippen LogP contribution in [0.5, 0.6) is 5.75 Å². The Hall–Kier alpha value is -3.68. The van der Waals surface area contributed by atoms with Gasteiger partial charge in [0.1, 0.15) is 24.0 Å². The van der Waals surface area contributed by atoms with E-state index in [-0.39, 0.29) is 5.91 Å². The summed E-state index contributed by atoms with van der Waals surface area (Å²) in [6.07, 6.45) is 3.95. The number of hydrogen-bond acceptors (Lipinski definition) is 6. The largest absolute Gasteiger partial charge is 0.487 e. The van der Waals surface area contributed by atoms with Gasteiger partial charge < -0.3 is 19.0 Å². The maximum Gasteiger partial charge on any atom is 0.252 e. The second-order valence-corrected chi connectivity index (χ2v) is 6.90. The van der Waals surface area contributed by atoms with E-state index in [4.69, 9.17) is 9.26 Å². The molecule has 1 amide bonds. The summed E-state index contributed by atoms with van der Waals surface area (Å²) in [5.41, 5.74) is 3.32. The van der Waals surface area contributed by atoms with Crippen LogP contribution in [0.2, 0.25) is 0 Å². The lowest BCUT2D eigenvalue weighted by Crippen LogP contribution is -2.26. The number of benzene rings is 1. The van der Waals surface area contributed by atoms with Crippen LogP contribution in [0.3, 0.4) is 0 Å². The lowest BCUT2D eigenvalue weighted by atomic mass is 10.2. The summed E-state index contributed by atoms with van der Waals surface area (Å²) in [5, 5.41) is 6.58. The standard InChI is InChI=1S/C21H21N5O3/c1-13-7-8-19-24-17(11-26(19)10-13)12-28-18-6-4-5-16(9-18)20(27)22-14(2)21-23-15(3)25-29-21/h4-11,14H,12H2,1-3H3,(H,22,27). The number of hydrogen-bond donors (Lipinski definition) is 1. The number of nitrogens with zero attached hydrogens (tertiary/aromatic N) is 4. The highest BCUT2D eigenvalue weighted by Crippen LogP contribution is 2.17. The molecule has 0 saturated carbocycles. The molecular weight excluding hydrogens is 370 g/mol. The van der Waals surface area contributed by atoms with Crippen molar-refractivity contribution in [3.8, 4) is 5.75 Å². The van der Waals surface area contributed by atoms with Crippen LogP contribution in [0, 0.1) is 13.8 Å². The molecule has 1 aromatic carbocycles. The molecule has 148 valence electrons. The summed E-state index contributed by atoms with van der Waals surface area (Å²) < 4.78 is 12.9. The minimum absolute atomic E-state index is 0.248. The predicted molar refractivity (Wildman–Crippen MR) is 106 cm³/mol. The third kappa shape index (κ3) is 4.26. The van der Waals surface area contributed by atoms with Crippen LogP contribution < -0.4 is 10.1 Å². The first-order valence-corrected chi connectivity index (χ1v) is 9.26. The Kier molecular flexibility index (Phi) is 4.99. The van der Waals surface area contributed by atoms with E-state index in [0.29, 0.717) is 29.6 Å². The quantitative estimate of drug-likeness (QED) is 0.541. The number of amides is 1. The molecule has 0 aliphatic carbocycles. The van der Waals surface area contributed by atoms with Crippen LogP contribution in [-0.4, -0.2) is 25.4 Å². The van der Waals surface area contributed by atoms with E-state index in [1.807, 2.05) is 41.9 Å². The summed E-state index contributed by atoms with van der Waals surface area (Å²) in [4.78, 5) is 21.2. The number of aryl methyl sites for hydroxylation is 2. The van der Waals surface area contributed by atoms with Crippen molar-refractivity contribution >= 4 is 11.6 Å². The fraction of sp³-hybridized carbons (Fsp3) is 0.238. The molecule has 0 saturated heterocycles. The van der Waals surface area contributed by atoms with Gasteiger partial charge in [-0.15, -0.1) is 0 Å². The second kappa shape index (κ2) is 7.75. The summed E-state index contributed by atoms with van der Waals surface area (Å²) >= 11 is 0. The van der Waals surface area contributed by atoms with E-state index in [2.05, 4.69) is 20.4 Å². The van der Waals surface area contributed by atoms with Crippen molar-refractivity contribution in [3.05, 3.63) is 77.3 Å². The van der Waals surface area contributed by atoms with E-state index in [0.717, 1.165) is 16.9 Å². The number of fused-ring (bicyclic) bond motifs is 1. The van der Waals surface area contributed by atoms with Gasteiger partial charge >= 0.3 is 0 Å². The van der Waals surface area contributed by atoms with E-state index in [1.54, 1.807) is 32.0 Å². The van der Waals surface area contributed by atoms with Gasteiger partial charge in [0.2, 0.25) is 5.89 Å². The molecule has 4 rings (SSSR count). The van der Waals surface area contributed by atoms with Crippen molar-refractivity contribution in [1.82, 2.24) is 24.8 Å². The molecule has 0 aliphatic rings. The zero-order valence-corrected chi connectivity index (χ0v) is 16.4. The van der Waals surface area contributed by atoms with Crippen LogP contribution in [0.1, 0.15) is 46.3 Å². The van der Waals surface area contributed by atoms with Crippen molar-refractivity contribution in [2.24, 2.45) is 0 Å². The number of rotatable bonds is 6. The summed E-state index contributed by atoms with van der Waals surface area (Å²) in [7, 11) is 0. The van der Waals surface area contributed by atoms with Gasteiger partial charge in [-0.1, -0.05) is 17.3 Å². The zero-order valence-electron chi connectivity index (χ0n) is 16.4. The van der Waals surface area contributed by atoms with Gasteiger partial charge in [0.05, 0.1) is 5.69 Å². The first-order valence-electron chi connectivity index (χ1n) is 9.26. The Bertz CT molecular complexity index is 1160. The number of carbonyl (C=O) groups excluding carboxylic acids is 1. The first kappa shape index (κ1) is 18.7. The lowest BCUT2D eigenvalue weighted by molar-refractivity contribution is 0.0932. The maximum atomic E-state index is 12.5. The molecule has 1 N–H and O–H groups in total. The Balaban J connectivity index is 1.41. The number of imidazole rings is 1. The maximum absolute atomic E-state index is 12.5. The van der Waals surface area contributed by atoms with Gasteiger partial charge in [-0.05, 0) is 50.6 Å². The molecular formula is C21H21N5O3. The van der Waals surface area contributed by atoms with Gasteiger partial charge in [0.15, 0.2) is 5.82 Å². The SMILES string of the molecule is Cc1ccc2nc(COc3cccc(C(=O)NC(C)c4nc(C)no4)c3)cn2c1. The molecule has 3 heterocycles. The second-order valence-electron chi connectivity index (χ2n) is 6.90. The van der Waals surface area contributed by atoms with E-state index < -0.39 is 6.04 Å². The monoisotopic (exact) mass is 391 g/mol. The number of ether oxygens (including phenoxy) is 1. The number of carbonyl (C=O) groups is 1. The molecule has 0 bridgehead atoms. The minimum Gasteiger partial charge on any atom is -0.487 e. The van der Waals surface area contributed by atoms with Gasteiger partial charge in [-0.2, -0.15) is 4.98 Å². The van der Waals surface area contributed by atoms with Crippen LogP contribution >= 0.6 is 0 Å². The highest BCUT2D eigenvalue weighted by molar-refractivity contribution is 5.94. The number of aromatic nitrogens is 4. The third-order valence-corrected chi connectivity index (χ3v) is 4.39. The van der Waals surface area contributed by atoms with Crippen LogP contribution in [0.4, 0.5) is 0 Å². The molecule has 0 aliphatic heterocycles. The average Bonchev–Trinajstić information content (AvgIpc) is 3.32. The summed E-state index contributed by atoms with van der Waals surface area (Å²) in [6, 6.07) is 10.6. The molecule has 8 nitrogen and oxygen atoms in total. The van der Waals surface area contributed by atoms with E-state index >= 15 is 0 Å². The minimum atomic E-state index is -0.394. The normalized spacial score (nSPS) is 12.1. The number of nitrogens with one attached hydrogen (secondary N) is 1. The van der Waals surface area contributed by atoms with Crippen molar-refractivity contribution in [3.63, 3.8) is 0 Å². The Labute approximate surface area is 167 Å². The molecule has 0 radical (unpaired) electrons. The fourth-order valence-corrected chi connectivity index (χ4v) is 2.94. The van der Waals surface area contributed by atoms with Crippen molar-refractivity contribution < 1.29 is 14.1 Å². The molecule has 1 atom stereocenters. The molecule has 4 aromatic rings. The van der Waals surface area contributed by atoms with E-state index in [9.17, 15) is 4.79 Å². The number of pyridine rings is 1. The predicted octanol–water partition coefficient (Wildman–Crippen LogP) is 3.40. The molecule has 29 heavy (non-hydrogen) atoms.